The molecule has 1 aromatic carbocycles. The summed E-state index contributed by atoms with van der Waals surface area (Å²) in [5.74, 6) is -0.0851. The van der Waals surface area contributed by atoms with Crippen molar-refractivity contribution in [2.75, 3.05) is 13.2 Å². The van der Waals surface area contributed by atoms with E-state index in [0.29, 0.717) is 23.8 Å². The molecule has 0 bridgehead atoms. The third-order valence-corrected chi connectivity index (χ3v) is 2.36. The molecule has 104 valence electrons. The average Bonchev–Trinajstić information content (AvgIpc) is 2.35. The summed E-state index contributed by atoms with van der Waals surface area (Å²) in [6, 6.07) is 6.67. The Hall–Kier alpha value is -2.04. The maximum atomic E-state index is 11.4. The van der Waals surface area contributed by atoms with E-state index < -0.39 is 5.97 Å². The fourth-order valence-electron chi connectivity index (χ4n) is 1.40. The van der Waals surface area contributed by atoms with Crippen LogP contribution in [-0.2, 0) is 16.0 Å². The number of carbonyl (C=O) groups excluding carboxylic acids is 1. The Morgan fingerprint density at radius 2 is 1.89 bits per heavy atom. The van der Waals surface area contributed by atoms with Crippen LogP contribution in [0.2, 0.25) is 0 Å². The van der Waals surface area contributed by atoms with E-state index in [1.54, 1.807) is 24.3 Å². The van der Waals surface area contributed by atoms with Crippen LogP contribution in [0, 0.1) is 5.92 Å². The smallest absolute Gasteiger partial charge is 0.307 e. The molecule has 1 amide bonds. The summed E-state index contributed by atoms with van der Waals surface area (Å²) in [7, 11) is 0. The molecule has 0 radical (unpaired) electrons. The second-order valence-corrected chi connectivity index (χ2v) is 4.70. The number of carbonyl (C=O) groups is 2. The monoisotopic (exact) mass is 265 g/mol. The third kappa shape index (κ3) is 6.45. The van der Waals surface area contributed by atoms with E-state index in [-0.39, 0.29) is 18.9 Å². The molecule has 0 saturated carbocycles. The minimum atomic E-state index is -0.873. The molecular weight excluding hydrogens is 246 g/mol. The second-order valence-electron chi connectivity index (χ2n) is 4.70. The third-order valence-electron chi connectivity index (χ3n) is 2.36. The zero-order valence-electron chi connectivity index (χ0n) is 11.2. The van der Waals surface area contributed by atoms with E-state index >= 15 is 0 Å². The Morgan fingerprint density at radius 3 is 2.42 bits per heavy atom. The standard InChI is InChI=1S/C14H19NO4/c1-10(2)8-15-13(16)9-19-12-5-3-11(4-6-12)7-14(17)18/h3-6,10H,7-9H2,1-2H3,(H,15,16)(H,17,18). The second kappa shape index (κ2) is 7.41. The molecule has 0 saturated heterocycles. The van der Waals surface area contributed by atoms with Crippen molar-refractivity contribution in [1.82, 2.24) is 5.32 Å². The topological polar surface area (TPSA) is 75.6 Å². The maximum absolute atomic E-state index is 11.4. The fourth-order valence-corrected chi connectivity index (χ4v) is 1.40. The lowest BCUT2D eigenvalue weighted by Gasteiger charge is -2.09. The SMILES string of the molecule is CC(C)CNC(=O)COc1ccc(CC(=O)O)cc1. The van der Waals surface area contributed by atoms with E-state index in [4.69, 9.17) is 9.84 Å². The van der Waals surface area contributed by atoms with Crippen LogP contribution < -0.4 is 10.1 Å². The number of benzene rings is 1. The number of ether oxygens (including phenoxy) is 1. The van der Waals surface area contributed by atoms with Gasteiger partial charge in [0.1, 0.15) is 5.75 Å². The van der Waals surface area contributed by atoms with E-state index in [9.17, 15) is 9.59 Å². The lowest BCUT2D eigenvalue weighted by Crippen LogP contribution is -2.31. The van der Waals surface area contributed by atoms with E-state index in [0.717, 1.165) is 0 Å². The molecule has 5 nitrogen and oxygen atoms in total. The van der Waals surface area contributed by atoms with Crippen LogP contribution in [-0.4, -0.2) is 30.1 Å². The Kier molecular flexibility index (Phi) is 5.85. The van der Waals surface area contributed by atoms with Crippen LogP contribution in [0.3, 0.4) is 0 Å². The molecule has 0 aromatic heterocycles. The molecule has 0 heterocycles. The lowest BCUT2D eigenvalue weighted by molar-refractivity contribution is -0.136. The van der Waals surface area contributed by atoms with Gasteiger partial charge in [-0.25, -0.2) is 0 Å². The van der Waals surface area contributed by atoms with Gasteiger partial charge >= 0.3 is 5.97 Å². The van der Waals surface area contributed by atoms with Crippen molar-refractivity contribution in [2.45, 2.75) is 20.3 Å². The molecular formula is C14H19NO4. The molecule has 2 N–H and O–H groups in total. The molecule has 5 heteroatoms. The highest BCUT2D eigenvalue weighted by Crippen LogP contribution is 2.12. The Bertz CT molecular complexity index is 426. The first-order chi connectivity index (χ1) is 8.97. The number of hydrogen-bond donors (Lipinski definition) is 2. The Labute approximate surface area is 112 Å². The molecule has 0 atom stereocenters. The quantitative estimate of drug-likeness (QED) is 0.782. The van der Waals surface area contributed by atoms with Crippen molar-refractivity contribution >= 4 is 11.9 Å². The molecule has 0 aliphatic carbocycles. The summed E-state index contributed by atoms with van der Waals surface area (Å²) >= 11 is 0. The lowest BCUT2D eigenvalue weighted by atomic mass is 10.1. The molecule has 1 aromatic rings. The predicted molar refractivity (Wildman–Crippen MR) is 71.1 cm³/mol. The first-order valence-electron chi connectivity index (χ1n) is 6.17. The van der Waals surface area contributed by atoms with E-state index in [2.05, 4.69) is 5.32 Å². The van der Waals surface area contributed by atoms with Gasteiger partial charge in [-0.1, -0.05) is 26.0 Å². The molecule has 19 heavy (non-hydrogen) atoms. The first kappa shape index (κ1) is 15.0. The fraction of sp³-hybridized carbons (Fsp3) is 0.429. The zero-order valence-corrected chi connectivity index (χ0v) is 11.2. The molecule has 0 fully saturated rings. The summed E-state index contributed by atoms with van der Waals surface area (Å²) in [5, 5.41) is 11.4. The van der Waals surface area contributed by atoms with Crippen LogP contribution in [0.5, 0.6) is 5.75 Å². The van der Waals surface area contributed by atoms with Crippen LogP contribution in [0.25, 0.3) is 0 Å². The normalized spacial score (nSPS) is 10.3. The van der Waals surface area contributed by atoms with Crippen molar-refractivity contribution in [2.24, 2.45) is 5.92 Å². The van der Waals surface area contributed by atoms with E-state index in [1.165, 1.54) is 0 Å². The summed E-state index contributed by atoms with van der Waals surface area (Å²) in [6.45, 7) is 4.62. The molecule has 1 rings (SSSR count). The van der Waals surface area contributed by atoms with Crippen LogP contribution >= 0.6 is 0 Å². The first-order valence-corrected chi connectivity index (χ1v) is 6.17. The van der Waals surface area contributed by atoms with Gasteiger partial charge in [-0.05, 0) is 23.6 Å². The van der Waals surface area contributed by atoms with Gasteiger partial charge in [0.15, 0.2) is 6.61 Å². The van der Waals surface area contributed by atoms with Gasteiger partial charge in [0.05, 0.1) is 6.42 Å². The maximum Gasteiger partial charge on any atom is 0.307 e. The highest BCUT2D eigenvalue weighted by atomic mass is 16.5. The number of hydrogen-bond acceptors (Lipinski definition) is 3. The summed E-state index contributed by atoms with van der Waals surface area (Å²) in [6.07, 6.45) is -0.0187. The van der Waals surface area contributed by atoms with Gasteiger partial charge < -0.3 is 15.2 Å². The average molecular weight is 265 g/mol. The summed E-state index contributed by atoms with van der Waals surface area (Å²) in [5.41, 5.74) is 0.698. The Morgan fingerprint density at radius 1 is 1.26 bits per heavy atom. The van der Waals surface area contributed by atoms with Crippen LogP contribution in [0.4, 0.5) is 0 Å². The van der Waals surface area contributed by atoms with Gasteiger partial charge in [0.25, 0.3) is 5.91 Å². The van der Waals surface area contributed by atoms with Crippen molar-refractivity contribution in [1.29, 1.82) is 0 Å². The predicted octanol–water partition coefficient (Wildman–Crippen LogP) is 1.46. The minimum Gasteiger partial charge on any atom is -0.484 e. The van der Waals surface area contributed by atoms with Gasteiger partial charge in [0, 0.05) is 6.54 Å². The van der Waals surface area contributed by atoms with Crippen LogP contribution in [0.1, 0.15) is 19.4 Å². The number of nitrogens with one attached hydrogen (secondary N) is 1. The number of carboxylic acid groups (broad SMARTS) is 1. The van der Waals surface area contributed by atoms with Crippen LogP contribution in [0.15, 0.2) is 24.3 Å². The van der Waals surface area contributed by atoms with Gasteiger partial charge in [0.2, 0.25) is 0 Å². The summed E-state index contributed by atoms with van der Waals surface area (Å²) < 4.78 is 5.30. The molecule has 0 aliphatic rings. The van der Waals surface area contributed by atoms with Crippen molar-refractivity contribution in [3.63, 3.8) is 0 Å². The number of amides is 1. The number of rotatable bonds is 7. The Balaban J connectivity index is 2.37. The zero-order chi connectivity index (χ0) is 14.3. The van der Waals surface area contributed by atoms with Gasteiger partial charge in [-0.15, -0.1) is 0 Å². The minimum absolute atomic E-state index is 0.0187. The van der Waals surface area contributed by atoms with Crippen molar-refractivity contribution in [3.05, 3.63) is 29.8 Å². The van der Waals surface area contributed by atoms with Gasteiger partial charge in [-0.3, -0.25) is 9.59 Å². The van der Waals surface area contributed by atoms with E-state index in [1.807, 2.05) is 13.8 Å². The van der Waals surface area contributed by atoms with Gasteiger partial charge in [-0.2, -0.15) is 0 Å². The molecule has 0 unspecified atom stereocenters. The molecule has 0 aliphatic heterocycles. The highest BCUT2D eigenvalue weighted by molar-refractivity contribution is 5.77. The molecule has 0 spiro atoms. The largest absolute Gasteiger partial charge is 0.484 e. The number of carboxylic acids is 1. The van der Waals surface area contributed by atoms with Crippen molar-refractivity contribution < 1.29 is 19.4 Å². The number of aliphatic carboxylic acids is 1. The summed E-state index contributed by atoms with van der Waals surface area (Å²) in [4.78, 5) is 21.9. The van der Waals surface area contributed by atoms with Crippen molar-refractivity contribution in [3.8, 4) is 5.75 Å². The highest BCUT2D eigenvalue weighted by Gasteiger charge is 2.04.